The first kappa shape index (κ1) is 23.2. The van der Waals surface area contributed by atoms with Crippen molar-refractivity contribution >= 4 is 11.4 Å². The third-order valence-corrected chi connectivity index (χ3v) is 5.11. The third-order valence-electron chi connectivity index (χ3n) is 5.11. The average molecular weight is 460 g/mol. The number of rotatable bonds is 6. The van der Waals surface area contributed by atoms with Gasteiger partial charge in [0.2, 0.25) is 0 Å². The van der Waals surface area contributed by atoms with Gasteiger partial charge >= 0.3 is 0 Å². The summed E-state index contributed by atoms with van der Waals surface area (Å²) in [6.07, 6.45) is 1.79. The molecule has 1 N–H and O–H groups in total. The predicted molar refractivity (Wildman–Crippen MR) is 132 cm³/mol. The number of amides is 1. The van der Waals surface area contributed by atoms with Gasteiger partial charge < -0.3 is 10.1 Å². The Balaban J connectivity index is 1.81. The lowest BCUT2D eigenvalue weighted by atomic mass is 10.0. The molecular formula is C26H29N5O3. The summed E-state index contributed by atoms with van der Waals surface area (Å²) < 4.78 is 9.00. The number of carbonyl (C=O) groups excluding carboxylic acids is 1. The molecule has 1 amide bonds. The molecule has 0 unspecified atom stereocenters. The van der Waals surface area contributed by atoms with Crippen molar-refractivity contribution in [3.63, 3.8) is 0 Å². The van der Waals surface area contributed by atoms with E-state index >= 15 is 0 Å². The highest BCUT2D eigenvalue weighted by Crippen LogP contribution is 2.35. The van der Waals surface area contributed by atoms with Crippen molar-refractivity contribution in [2.24, 2.45) is 0 Å². The van der Waals surface area contributed by atoms with Crippen LogP contribution in [0.3, 0.4) is 0 Å². The minimum atomic E-state index is -0.335. The van der Waals surface area contributed by atoms with Gasteiger partial charge in [-0.1, -0.05) is 30.3 Å². The van der Waals surface area contributed by atoms with Gasteiger partial charge in [0, 0.05) is 29.4 Å². The Bertz CT molecular complexity index is 1380. The number of benzene rings is 1. The smallest absolute Gasteiger partial charge is 0.267 e. The van der Waals surface area contributed by atoms with Crippen molar-refractivity contribution in [3.05, 3.63) is 71.1 Å². The number of nitrogens with one attached hydrogen (secondary N) is 1. The number of ether oxygens (including phenoxy) is 1. The van der Waals surface area contributed by atoms with Crippen LogP contribution in [-0.2, 0) is 4.79 Å². The molecule has 8 nitrogen and oxygen atoms in total. The zero-order valence-corrected chi connectivity index (χ0v) is 20.1. The summed E-state index contributed by atoms with van der Waals surface area (Å²) >= 11 is 0. The second-order valence-electron chi connectivity index (χ2n) is 9.46. The SMILES string of the molecule is CC(C)n1nc(-c2c(-c3ccccc3)nn3ccc(OCC(=O)NC(C)(C)C)cc23)ccc1=O. The van der Waals surface area contributed by atoms with E-state index in [0.29, 0.717) is 11.4 Å². The molecule has 34 heavy (non-hydrogen) atoms. The van der Waals surface area contributed by atoms with Crippen LogP contribution in [0.25, 0.3) is 28.0 Å². The molecule has 8 heteroatoms. The van der Waals surface area contributed by atoms with Gasteiger partial charge in [-0.15, -0.1) is 0 Å². The number of fused-ring (bicyclic) bond motifs is 1. The second-order valence-corrected chi connectivity index (χ2v) is 9.46. The maximum Gasteiger partial charge on any atom is 0.267 e. The molecule has 0 radical (unpaired) electrons. The lowest BCUT2D eigenvalue weighted by Gasteiger charge is -2.20. The number of aromatic nitrogens is 4. The minimum absolute atomic E-state index is 0.0883. The first-order chi connectivity index (χ1) is 16.1. The summed E-state index contributed by atoms with van der Waals surface area (Å²) in [6.45, 7) is 9.50. The molecule has 0 bridgehead atoms. The molecule has 4 rings (SSSR count). The van der Waals surface area contributed by atoms with Crippen molar-refractivity contribution in [1.29, 1.82) is 0 Å². The number of pyridine rings is 1. The van der Waals surface area contributed by atoms with Gasteiger partial charge in [0.05, 0.1) is 22.8 Å². The van der Waals surface area contributed by atoms with Crippen LogP contribution < -0.4 is 15.6 Å². The summed E-state index contributed by atoms with van der Waals surface area (Å²) in [5.41, 5.74) is 3.34. The molecule has 3 heterocycles. The maximum atomic E-state index is 12.3. The zero-order valence-electron chi connectivity index (χ0n) is 20.1. The predicted octanol–water partition coefficient (Wildman–Crippen LogP) is 4.10. The van der Waals surface area contributed by atoms with Gasteiger partial charge in [-0.05, 0) is 46.8 Å². The van der Waals surface area contributed by atoms with Gasteiger partial charge in [0.1, 0.15) is 11.4 Å². The molecule has 3 aromatic heterocycles. The van der Waals surface area contributed by atoms with Gasteiger partial charge in [-0.3, -0.25) is 9.59 Å². The second kappa shape index (κ2) is 9.13. The highest BCUT2D eigenvalue weighted by atomic mass is 16.5. The van der Waals surface area contributed by atoms with E-state index in [9.17, 15) is 9.59 Å². The zero-order chi connectivity index (χ0) is 24.5. The van der Waals surface area contributed by atoms with Crippen LogP contribution in [0, 0.1) is 0 Å². The minimum Gasteiger partial charge on any atom is -0.484 e. The molecule has 0 aliphatic rings. The van der Waals surface area contributed by atoms with E-state index in [0.717, 1.165) is 22.3 Å². The molecule has 176 valence electrons. The van der Waals surface area contributed by atoms with Crippen LogP contribution in [0.4, 0.5) is 0 Å². The quantitative estimate of drug-likeness (QED) is 0.469. The Morgan fingerprint density at radius 1 is 1.06 bits per heavy atom. The van der Waals surface area contributed by atoms with Crippen molar-refractivity contribution in [3.8, 4) is 28.3 Å². The number of nitrogens with zero attached hydrogens (tertiary/aromatic N) is 4. The monoisotopic (exact) mass is 459 g/mol. The van der Waals surface area contributed by atoms with E-state index < -0.39 is 0 Å². The van der Waals surface area contributed by atoms with Gasteiger partial charge in [0.15, 0.2) is 6.61 Å². The topological polar surface area (TPSA) is 90.5 Å². The van der Waals surface area contributed by atoms with Crippen LogP contribution in [0.1, 0.15) is 40.7 Å². The molecule has 0 saturated heterocycles. The summed E-state index contributed by atoms with van der Waals surface area (Å²) in [4.78, 5) is 24.5. The molecule has 0 fully saturated rings. The fraction of sp³-hybridized carbons (Fsp3) is 0.308. The Morgan fingerprint density at radius 3 is 2.47 bits per heavy atom. The Kier molecular flexibility index (Phi) is 6.24. The van der Waals surface area contributed by atoms with E-state index in [1.165, 1.54) is 10.7 Å². The average Bonchev–Trinajstić information content (AvgIpc) is 3.16. The highest BCUT2D eigenvalue weighted by Gasteiger charge is 2.20. The lowest BCUT2D eigenvalue weighted by molar-refractivity contribution is -0.124. The van der Waals surface area contributed by atoms with Crippen molar-refractivity contribution in [1.82, 2.24) is 24.7 Å². The highest BCUT2D eigenvalue weighted by molar-refractivity contribution is 5.91. The van der Waals surface area contributed by atoms with E-state index in [1.54, 1.807) is 22.8 Å². The molecular weight excluding hydrogens is 430 g/mol. The van der Waals surface area contributed by atoms with Gasteiger partial charge in [0.25, 0.3) is 11.5 Å². The van der Waals surface area contributed by atoms with E-state index in [2.05, 4.69) is 10.4 Å². The Morgan fingerprint density at radius 2 is 1.79 bits per heavy atom. The van der Waals surface area contributed by atoms with Gasteiger partial charge in [-0.25, -0.2) is 9.20 Å². The van der Waals surface area contributed by atoms with Crippen LogP contribution in [0.5, 0.6) is 5.75 Å². The van der Waals surface area contributed by atoms with E-state index in [-0.39, 0.29) is 29.7 Å². The molecule has 0 saturated carbocycles. The largest absolute Gasteiger partial charge is 0.484 e. The molecule has 0 spiro atoms. The molecule has 4 aromatic rings. The fourth-order valence-corrected chi connectivity index (χ4v) is 3.70. The van der Waals surface area contributed by atoms with Crippen LogP contribution >= 0.6 is 0 Å². The fourth-order valence-electron chi connectivity index (χ4n) is 3.70. The van der Waals surface area contributed by atoms with Crippen LogP contribution in [0.2, 0.25) is 0 Å². The molecule has 0 aliphatic carbocycles. The Hall–Kier alpha value is -3.94. The van der Waals surface area contributed by atoms with Crippen molar-refractivity contribution in [2.75, 3.05) is 6.61 Å². The number of hydrogen-bond donors (Lipinski definition) is 1. The maximum absolute atomic E-state index is 12.3. The summed E-state index contributed by atoms with van der Waals surface area (Å²) in [5.74, 6) is 0.339. The summed E-state index contributed by atoms with van der Waals surface area (Å²) in [7, 11) is 0. The lowest BCUT2D eigenvalue weighted by Crippen LogP contribution is -2.43. The standard InChI is InChI=1S/C26H29N5O3/c1-17(2)31-23(33)12-11-20(28-31)24-21-15-19(34-16-22(32)27-26(3,4)5)13-14-30(21)29-25(24)18-9-7-6-8-10-18/h6-15,17H,16H2,1-5H3,(H,27,32). The normalized spacial score (nSPS) is 11.7. The Labute approximate surface area is 198 Å². The van der Waals surface area contributed by atoms with E-state index in [1.807, 2.05) is 71.0 Å². The number of carbonyl (C=O) groups is 1. The van der Waals surface area contributed by atoms with Crippen molar-refractivity contribution in [2.45, 2.75) is 46.2 Å². The summed E-state index contributed by atoms with van der Waals surface area (Å²) in [5, 5.41) is 12.3. The van der Waals surface area contributed by atoms with Crippen LogP contribution in [-0.4, -0.2) is 37.4 Å². The number of hydrogen-bond acceptors (Lipinski definition) is 5. The molecule has 0 aliphatic heterocycles. The van der Waals surface area contributed by atoms with Crippen molar-refractivity contribution < 1.29 is 9.53 Å². The summed E-state index contributed by atoms with van der Waals surface area (Å²) in [6, 6.07) is 16.6. The van der Waals surface area contributed by atoms with Gasteiger partial charge in [-0.2, -0.15) is 10.2 Å². The molecule has 1 aromatic carbocycles. The first-order valence-electron chi connectivity index (χ1n) is 11.2. The third kappa shape index (κ3) is 5.01. The van der Waals surface area contributed by atoms with E-state index in [4.69, 9.17) is 9.84 Å². The first-order valence-corrected chi connectivity index (χ1v) is 11.2. The van der Waals surface area contributed by atoms with Crippen LogP contribution in [0.15, 0.2) is 65.6 Å². The molecule has 0 atom stereocenters.